The van der Waals surface area contributed by atoms with Crippen LogP contribution in [0.5, 0.6) is 5.75 Å². The first-order chi connectivity index (χ1) is 16.3. The summed E-state index contributed by atoms with van der Waals surface area (Å²) in [6.07, 6.45) is 2.76. The lowest BCUT2D eigenvalue weighted by Gasteiger charge is -2.32. The fourth-order valence-electron chi connectivity index (χ4n) is 4.14. The van der Waals surface area contributed by atoms with Crippen LogP contribution in [0.3, 0.4) is 0 Å². The molecule has 1 aromatic carbocycles. The van der Waals surface area contributed by atoms with Crippen LogP contribution in [0.4, 0.5) is 16.0 Å². The number of nitrogens with one attached hydrogen (secondary N) is 1. The van der Waals surface area contributed by atoms with Gasteiger partial charge in [-0.25, -0.2) is 19.3 Å². The molecular weight excluding hydrogens is 473 g/mol. The van der Waals surface area contributed by atoms with E-state index in [4.69, 9.17) is 4.74 Å². The molecule has 1 fully saturated rings. The predicted molar refractivity (Wildman–Crippen MR) is 135 cm³/mol. The highest BCUT2D eigenvalue weighted by Gasteiger charge is 2.23. The van der Waals surface area contributed by atoms with E-state index in [-0.39, 0.29) is 36.0 Å². The van der Waals surface area contributed by atoms with Crippen molar-refractivity contribution in [1.29, 1.82) is 0 Å². The van der Waals surface area contributed by atoms with Gasteiger partial charge < -0.3 is 24.4 Å². The zero-order valence-electron chi connectivity index (χ0n) is 20.6. The van der Waals surface area contributed by atoms with E-state index in [0.29, 0.717) is 35.8 Å². The molecule has 3 aromatic rings. The van der Waals surface area contributed by atoms with E-state index in [1.54, 1.807) is 24.4 Å². The third kappa shape index (κ3) is 5.54. The Morgan fingerprint density at radius 3 is 2.51 bits per heavy atom. The second-order valence-electron chi connectivity index (χ2n) is 8.68. The van der Waals surface area contributed by atoms with Crippen LogP contribution in [0, 0.1) is 12.7 Å². The molecule has 9 nitrogen and oxygen atoms in total. The quantitative estimate of drug-likeness (QED) is 0.545. The van der Waals surface area contributed by atoms with Crippen LogP contribution in [0.1, 0.15) is 36.1 Å². The summed E-state index contributed by atoms with van der Waals surface area (Å²) >= 11 is 0. The van der Waals surface area contributed by atoms with Crippen molar-refractivity contribution in [2.75, 3.05) is 45.7 Å². The molecule has 1 amide bonds. The Bertz CT molecular complexity index is 1190. The zero-order valence-corrected chi connectivity index (χ0v) is 21.4. The highest BCUT2D eigenvalue weighted by molar-refractivity contribution is 5.97. The van der Waals surface area contributed by atoms with Gasteiger partial charge in [0.2, 0.25) is 5.95 Å². The Morgan fingerprint density at radius 1 is 1.14 bits per heavy atom. The maximum Gasteiger partial charge on any atom is 0.257 e. The summed E-state index contributed by atoms with van der Waals surface area (Å²) in [5.41, 5.74) is 1.87. The molecular formula is C24H31ClFN7O2. The Labute approximate surface area is 210 Å². The number of hydrogen-bond acceptors (Lipinski definition) is 7. The molecule has 2 aromatic heterocycles. The highest BCUT2D eigenvalue weighted by Crippen LogP contribution is 2.29. The van der Waals surface area contributed by atoms with Gasteiger partial charge in [0, 0.05) is 44.0 Å². The number of rotatable bonds is 6. The summed E-state index contributed by atoms with van der Waals surface area (Å²) in [6.45, 7) is 8.93. The number of piperazine rings is 1. The number of hydrogen-bond donors (Lipinski definition) is 1. The third-order valence-corrected chi connectivity index (χ3v) is 5.96. The van der Waals surface area contributed by atoms with Crippen molar-refractivity contribution >= 4 is 29.9 Å². The Kier molecular flexibility index (Phi) is 8.29. The lowest BCUT2D eigenvalue weighted by molar-refractivity contribution is 0.0661. The number of ether oxygens (including phenoxy) is 1. The molecule has 3 heterocycles. The van der Waals surface area contributed by atoms with E-state index in [2.05, 4.69) is 25.2 Å². The number of aromatic nitrogens is 4. The van der Waals surface area contributed by atoms with Crippen LogP contribution in [-0.4, -0.2) is 75.6 Å². The average Bonchev–Trinajstić information content (AvgIpc) is 3.21. The fourth-order valence-corrected chi connectivity index (χ4v) is 4.14. The van der Waals surface area contributed by atoms with Gasteiger partial charge in [0.05, 0.1) is 30.8 Å². The fraction of sp³-hybridized carbons (Fsp3) is 0.417. The molecule has 11 heteroatoms. The van der Waals surface area contributed by atoms with Gasteiger partial charge in [-0.2, -0.15) is 0 Å². The van der Waals surface area contributed by atoms with E-state index >= 15 is 0 Å². The Morgan fingerprint density at radius 2 is 1.86 bits per heavy atom. The van der Waals surface area contributed by atoms with Gasteiger partial charge in [-0.15, -0.1) is 12.4 Å². The molecule has 0 aliphatic carbocycles. The number of benzene rings is 1. The predicted octanol–water partition coefficient (Wildman–Crippen LogP) is 3.93. The number of imidazole rings is 1. The molecule has 0 unspecified atom stereocenters. The van der Waals surface area contributed by atoms with E-state index in [1.807, 2.05) is 37.3 Å². The maximum absolute atomic E-state index is 14.6. The first-order valence-corrected chi connectivity index (χ1v) is 11.3. The van der Waals surface area contributed by atoms with Gasteiger partial charge in [0.15, 0.2) is 5.82 Å². The number of carbonyl (C=O) groups is 1. The highest BCUT2D eigenvalue weighted by atomic mass is 35.5. The van der Waals surface area contributed by atoms with Gasteiger partial charge in [-0.05, 0) is 40.0 Å². The first kappa shape index (κ1) is 26.4. The molecule has 1 aliphatic rings. The van der Waals surface area contributed by atoms with Crippen LogP contribution in [-0.2, 0) is 0 Å². The molecule has 188 valence electrons. The van der Waals surface area contributed by atoms with E-state index in [9.17, 15) is 9.18 Å². The molecule has 0 spiro atoms. The summed E-state index contributed by atoms with van der Waals surface area (Å²) in [5.74, 6) is 0.866. The Hall–Kier alpha value is -3.24. The van der Waals surface area contributed by atoms with Crippen molar-refractivity contribution in [3.8, 4) is 17.1 Å². The lowest BCUT2D eigenvalue weighted by Crippen LogP contribution is -2.47. The minimum absolute atomic E-state index is 0. The second-order valence-corrected chi connectivity index (χ2v) is 8.68. The first-order valence-electron chi connectivity index (χ1n) is 11.3. The van der Waals surface area contributed by atoms with Crippen molar-refractivity contribution < 1.29 is 13.9 Å². The standard InChI is InChI=1S/C24H30FN7O2.ClH/c1-15(2)32-16(3)26-14-20(32)22-19(25)13-27-24(29-22)28-17-6-7-18(21(12-17)34-5)23(33)31-10-8-30(4)9-11-31;/h6-7,12-15H,8-11H2,1-5H3,(H,27,28,29);1H. The molecule has 4 rings (SSSR count). The number of halogens is 2. The van der Waals surface area contributed by atoms with Crippen molar-refractivity contribution in [2.24, 2.45) is 0 Å². The number of carbonyl (C=O) groups excluding carboxylic acids is 1. The van der Waals surface area contributed by atoms with Crippen molar-refractivity contribution in [1.82, 2.24) is 29.3 Å². The van der Waals surface area contributed by atoms with Crippen LogP contribution in [0.15, 0.2) is 30.6 Å². The molecule has 1 N–H and O–H groups in total. The molecule has 0 bridgehead atoms. The normalized spacial score (nSPS) is 14.1. The number of nitrogens with zero attached hydrogens (tertiary/aromatic N) is 6. The Balaban J connectivity index is 0.00000342. The van der Waals surface area contributed by atoms with Crippen LogP contribution < -0.4 is 10.1 Å². The molecule has 0 atom stereocenters. The summed E-state index contributed by atoms with van der Waals surface area (Å²) in [7, 11) is 3.57. The summed E-state index contributed by atoms with van der Waals surface area (Å²) in [4.78, 5) is 29.9. The minimum Gasteiger partial charge on any atom is -0.496 e. The molecule has 1 saturated heterocycles. The van der Waals surface area contributed by atoms with Gasteiger partial charge >= 0.3 is 0 Å². The van der Waals surface area contributed by atoms with Gasteiger partial charge in [0.25, 0.3) is 5.91 Å². The summed E-state index contributed by atoms with van der Waals surface area (Å²) < 4.78 is 22.1. The van der Waals surface area contributed by atoms with Crippen LogP contribution in [0.2, 0.25) is 0 Å². The van der Waals surface area contributed by atoms with E-state index in [1.165, 1.54) is 7.11 Å². The number of aryl methyl sites for hydroxylation is 1. The SMILES string of the molecule is COc1cc(Nc2ncc(F)c(-c3cnc(C)n3C(C)C)n2)ccc1C(=O)N1CCN(C)CC1.Cl. The smallest absolute Gasteiger partial charge is 0.257 e. The molecule has 1 aliphatic heterocycles. The van der Waals surface area contributed by atoms with Crippen molar-refractivity contribution in [2.45, 2.75) is 26.8 Å². The second kappa shape index (κ2) is 11.0. The van der Waals surface area contributed by atoms with E-state index < -0.39 is 5.82 Å². The topological polar surface area (TPSA) is 88.4 Å². The minimum atomic E-state index is -0.530. The zero-order chi connectivity index (χ0) is 24.4. The van der Waals surface area contributed by atoms with Crippen molar-refractivity contribution in [3.63, 3.8) is 0 Å². The monoisotopic (exact) mass is 503 g/mol. The number of methoxy groups -OCH3 is 1. The van der Waals surface area contributed by atoms with Crippen molar-refractivity contribution in [3.05, 3.63) is 47.8 Å². The molecule has 0 radical (unpaired) electrons. The summed E-state index contributed by atoms with van der Waals surface area (Å²) in [6, 6.07) is 5.31. The number of amides is 1. The number of likely N-dealkylation sites (N-methyl/N-ethyl adjacent to an activating group) is 1. The molecule has 0 saturated carbocycles. The third-order valence-electron chi connectivity index (χ3n) is 5.96. The molecule has 35 heavy (non-hydrogen) atoms. The largest absolute Gasteiger partial charge is 0.496 e. The van der Waals surface area contributed by atoms with Gasteiger partial charge in [-0.3, -0.25) is 4.79 Å². The van der Waals surface area contributed by atoms with Crippen LogP contribution >= 0.6 is 12.4 Å². The number of anilines is 2. The lowest BCUT2D eigenvalue weighted by atomic mass is 10.1. The van der Waals surface area contributed by atoms with Gasteiger partial charge in [0.1, 0.15) is 17.3 Å². The van der Waals surface area contributed by atoms with E-state index in [0.717, 1.165) is 25.1 Å². The van der Waals surface area contributed by atoms with Crippen LogP contribution in [0.25, 0.3) is 11.4 Å². The maximum atomic E-state index is 14.6. The summed E-state index contributed by atoms with van der Waals surface area (Å²) in [5, 5.41) is 3.09. The van der Waals surface area contributed by atoms with Gasteiger partial charge in [-0.1, -0.05) is 0 Å². The average molecular weight is 504 g/mol.